The molecule has 5 rings (SSSR count). The zero-order valence-corrected chi connectivity index (χ0v) is 16.6. The van der Waals surface area contributed by atoms with E-state index < -0.39 is 0 Å². The van der Waals surface area contributed by atoms with Gasteiger partial charge in [0.1, 0.15) is 17.0 Å². The van der Waals surface area contributed by atoms with Crippen LogP contribution in [0, 0.1) is 0 Å². The molecule has 0 saturated carbocycles. The highest BCUT2D eigenvalue weighted by molar-refractivity contribution is 5.77. The Kier molecular flexibility index (Phi) is 4.52. The molecule has 1 fully saturated rings. The van der Waals surface area contributed by atoms with Crippen molar-refractivity contribution >= 4 is 11.2 Å². The minimum atomic E-state index is 0.477. The number of aromatic nitrogens is 6. The first-order chi connectivity index (χ1) is 14.2. The van der Waals surface area contributed by atoms with Gasteiger partial charge in [0.2, 0.25) is 0 Å². The molecule has 4 aromatic heterocycles. The van der Waals surface area contributed by atoms with E-state index in [1.165, 1.54) is 0 Å². The van der Waals surface area contributed by atoms with Gasteiger partial charge in [-0.25, -0.2) is 19.9 Å². The van der Waals surface area contributed by atoms with Gasteiger partial charge in [-0.15, -0.1) is 0 Å². The maximum atomic E-state index is 4.91. The highest BCUT2D eigenvalue weighted by Gasteiger charge is 2.21. The molecule has 1 aliphatic heterocycles. The Balaban J connectivity index is 1.52. The van der Waals surface area contributed by atoms with Gasteiger partial charge in [-0.1, -0.05) is 6.07 Å². The van der Waals surface area contributed by atoms with Gasteiger partial charge in [0, 0.05) is 42.7 Å². The quantitative estimate of drug-likeness (QED) is 0.582. The van der Waals surface area contributed by atoms with E-state index in [2.05, 4.69) is 34.3 Å². The van der Waals surface area contributed by atoms with Crippen molar-refractivity contribution in [2.45, 2.75) is 31.7 Å². The molecule has 2 atom stereocenters. The SMILES string of the molecule is CC1CC(c2cccc(-c3ncc4nc(-c5ccncc5)n(C)c4n3)n2)CCN1. The van der Waals surface area contributed by atoms with Gasteiger partial charge in [-0.2, -0.15) is 0 Å². The summed E-state index contributed by atoms with van der Waals surface area (Å²) >= 11 is 0. The Labute approximate surface area is 169 Å². The topological polar surface area (TPSA) is 81.4 Å². The van der Waals surface area contributed by atoms with Crippen LogP contribution in [-0.4, -0.2) is 42.1 Å². The summed E-state index contributed by atoms with van der Waals surface area (Å²) in [6.07, 6.45) is 7.53. The number of hydrogen-bond acceptors (Lipinski definition) is 6. The summed E-state index contributed by atoms with van der Waals surface area (Å²) in [5, 5.41) is 3.50. The molecule has 1 saturated heterocycles. The van der Waals surface area contributed by atoms with Gasteiger partial charge in [-0.3, -0.25) is 4.98 Å². The van der Waals surface area contributed by atoms with Crippen LogP contribution < -0.4 is 5.32 Å². The fourth-order valence-electron chi connectivity index (χ4n) is 4.07. The molecule has 146 valence electrons. The van der Waals surface area contributed by atoms with Gasteiger partial charge in [-0.05, 0) is 50.6 Å². The Bertz CT molecular complexity index is 1150. The van der Waals surface area contributed by atoms with Crippen LogP contribution in [0.4, 0.5) is 0 Å². The van der Waals surface area contributed by atoms with Crippen molar-refractivity contribution in [1.82, 2.24) is 34.8 Å². The number of hydrogen-bond donors (Lipinski definition) is 1. The van der Waals surface area contributed by atoms with Gasteiger partial charge in [0.15, 0.2) is 11.5 Å². The zero-order valence-electron chi connectivity index (χ0n) is 16.6. The minimum Gasteiger partial charge on any atom is -0.314 e. The molecule has 1 aliphatic rings. The first-order valence-electron chi connectivity index (χ1n) is 9.99. The van der Waals surface area contributed by atoms with Crippen LogP contribution in [0.25, 0.3) is 34.1 Å². The average molecular weight is 385 g/mol. The molecule has 0 spiro atoms. The van der Waals surface area contributed by atoms with Crippen LogP contribution >= 0.6 is 0 Å². The number of imidazole rings is 1. The number of nitrogens with zero attached hydrogens (tertiary/aromatic N) is 6. The molecule has 2 unspecified atom stereocenters. The second kappa shape index (κ2) is 7.33. The number of fused-ring (bicyclic) bond motifs is 1. The molecule has 4 aromatic rings. The molecule has 0 aliphatic carbocycles. The maximum absolute atomic E-state index is 4.91. The fraction of sp³-hybridized carbons (Fsp3) is 0.318. The molecule has 7 heteroatoms. The van der Waals surface area contributed by atoms with Crippen molar-refractivity contribution in [2.24, 2.45) is 7.05 Å². The zero-order chi connectivity index (χ0) is 19.8. The third-order valence-electron chi connectivity index (χ3n) is 5.59. The maximum Gasteiger partial charge on any atom is 0.180 e. The molecular formula is C22H23N7. The van der Waals surface area contributed by atoms with Crippen molar-refractivity contribution in [2.75, 3.05) is 6.54 Å². The van der Waals surface area contributed by atoms with Crippen molar-refractivity contribution in [1.29, 1.82) is 0 Å². The van der Waals surface area contributed by atoms with Crippen LogP contribution in [0.3, 0.4) is 0 Å². The second-order valence-corrected chi connectivity index (χ2v) is 7.66. The standard InChI is InChI=1S/C22H23N7/c1-14-12-16(8-11-24-14)17-4-3-5-18(26-17)20-25-13-19-22(28-20)29(2)21(27-19)15-6-9-23-10-7-15/h3-7,9-10,13-14,16,24H,8,11-12H2,1-2H3. The summed E-state index contributed by atoms with van der Waals surface area (Å²) in [5.74, 6) is 1.95. The van der Waals surface area contributed by atoms with E-state index in [9.17, 15) is 0 Å². The van der Waals surface area contributed by atoms with Crippen LogP contribution in [0.2, 0.25) is 0 Å². The van der Waals surface area contributed by atoms with E-state index in [1.54, 1.807) is 18.6 Å². The molecule has 7 nitrogen and oxygen atoms in total. The Hall–Kier alpha value is -3.19. The number of piperidine rings is 1. The predicted octanol–water partition coefficient (Wildman–Crippen LogP) is 3.34. The number of rotatable bonds is 3. The molecule has 0 bridgehead atoms. The fourth-order valence-corrected chi connectivity index (χ4v) is 4.07. The van der Waals surface area contributed by atoms with E-state index in [1.807, 2.05) is 29.8 Å². The van der Waals surface area contributed by atoms with Gasteiger partial charge in [0.05, 0.1) is 6.20 Å². The Morgan fingerprint density at radius 3 is 2.76 bits per heavy atom. The second-order valence-electron chi connectivity index (χ2n) is 7.66. The Morgan fingerprint density at radius 2 is 1.93 bits per heavy atom. The molecule has 29 heavy (non-hydrogen) atoms. The molecule has 0 amide bonds. The van der Waals surface area contributed by atoms with Crippen LogP contribution in [0.1, 0.15) is 31.4 Å². The van der Waals surface area contributed by atoms with Gasteiger partial charge >= 0.3 is 0 Å². The van der Waals surface area contributed by atoms with Crippen LogP contribution in [-0.2, 0) is 7.05 Å². The molecular weight excluding hydrogens is 362 g/mol. The largest absolute Gasteiger partial charge is 0.314 e. The third-order valence-corrected chi connectivity index (χ3v) is 5.59. The number of pyridine rings is 2. The number of aryl methyl sites for hydroxylation is 1. The van der Waals surface area contributed by atoms with E-state index in [-0.39, 0.29) is 0 Å². The summed E-state index contributed by atoms with van der Waals surface area (Å²) in [4.78, 5) is 23.0. The summed E-state index contributed by atoms with van der Waals surface area (Å²) in [6, 6.07) is 10.6. The van der Waals surface area contributed by atoms with E-state index in [0.29, 0.717) is 17.8 Å². The predicted molar refractivity (Wildman–Crippen MR) is 112 cm³/mol. The van der Waals surface area contributed by atoms with Crippen LogP contribution in [0.15, 0.2) is 48.9 Å². The van der Waals surface area contributed by atoms with Crippen molar-refractivity contribution in [3.05, 3.63) is 54.6 Å². The number of nitrogens with one attached hydrogen (secondary N) is 1. The summed E-state index contributed by atoms with van der Waals surface area (Å²) in [5.41, 5.74) is 4.50. The summed E-state index contributed by atoms with van der Waals surface area (Å²) in [7, 11) is 1.97. The lowest BCUT2D eigenvalue weighted by molar-refractivity contribution is 0.377. The van der Waals surface area contributed by atoms with Gasteiger partial charge < -0.3 is 9.88 Å². The summed E-state index contributed by atoms with van der Waals surface area (Å²) in [6.45, 7) is 3.27. The van der Waals surface area contributed by atoms with Crippen molar-refractivity contribution in [3.8, 4) is 22.9 Å². The first-order valence-corrected chi connectivity index (χ1v) is 9.99. The normalized spacial score (nSPS) is 19.5. The molecule has 1 N–H and O–H groups in total. The molecule has 0 aromatic carbocycles. The third kappa shape index (κ3) is 3.38. The smallest absolute Gasteiger partial charge is 0.180 e. The van der Waals surface area contributed by atoms with Gasteiger partial charge in [0.25, 0.3) is 0 Å². The average Bonchev–Trinajstić information content (AvgIpc) is 3.10. The van der Waals surface area contributed by atoms with E-state index >= 15 is 0 Å². The van der Waals surface area contributed by atoms with E-state index in [0.717, 1.165) is 53.3 Å². The minimum absolute atomic E-state index is 0.477. The first kappa shape index (κ1) is 17.9. The molecule has 0 radical (unpaired) electrons. The van der Waals surface area contributed by atoms with Crippen LogP contribution in [0.5, 0.6) is 0 Å². The Morgan fingerprint density at radius 1 is 1.07 bits per heavy atom. The van der Waals surface area contributed by atoms with E-state index in [4.69, 9.17) is 15.0 Å². The highest BCUT2D eigenvalue weighted by Crippen LogP contribution is 2.28. The lowest BCUT2D eigenvalue weighted by Crippen LogP contribution is -2.35. The lowest BCUT2D eigenvalue weighted by Gasteiger charge is -2.27. The highest BCUT2D eigenvalue weighted by atomic mass is 15.1. The monoisotopic (exact) mass is 385 g/mol. The summed E-state index contributed by atoms with van der Waals surface area (Å²) < 4.78 is 1.99. The van der Waals surface area contributed by atoms with Crippen molar-refractivity contribution < 1.29 is 0 Å². The lowest BCUT2D eigenvalue weighted by atomic mass is 9.90. The van der Waals surface area contributed by atoms with Crippen molar-refractivity contribution in [3.63, 3.8) is 0 Å². The molecule has 5 heterocycles.